The molecule has 5 nitrogen and oxygen atoms in total. The zero-order valence-electron chi connectivity index (χ0n) is 7.89. The molecular weight excluding hydrogens is 182 g/mol. The van der Waals surface area contributed by atoms with Gasteiger partial charge >= 0.3 is 0 Å². The summed E-state index contributed by atoms with van der Waals surface area (Å²) in [6.45, 7) is 3.33. The first-order chi connectivity index (χ1) is 6.47. The second kappa shape index (κ2) is 3.42. The van der Waals surface area contributed by atoms with Crippen molar-refractivity contribution in [2.75, 3.05) is 0 Å². The third-order valence-corrected chi connectivity index (χ3v) is 1.87. The summed E-state index contributed by atoms with van der Waals surface area (Å²) >= 11 is 0. The highest BCUT2D eigenvalue weighted by Crippen LogP contribution is 2.22. The van der Waals surface area contributed by atoms with Crippen molar-refractivity contribution in [1.29, 1.82) is 5.26 Å². The Labute approximate surface area is 81.2 Å². The maximum atomic E-state index is 10.5. The van der Waals surface area contributed by atoms with Crippen molar-refractivity contribution in [3.05, 3.63) is 34.1 Å². The van der Waals surface area contributed by atoms with E-state index in [0.29, 0.717) is 5.69 Å². The molecule has 14 heavy (non-hydrogen) atoms. The summed E-state index contributed by atoms with van der Waals surface area (Å²) in [5.41, 5.74) is -0.432. The minimum Gasteiger partial charge on any atom is -0.259 e. The fourth-order valence-corrected chi connectivity index (χ4v) is 0.932. The van der Waals surface area contributed by atoms with E-state index in [2.05, 4.69) is 4.98 Å². The van der Waals surface area contributed by atoms with Crippen LogP contribution in [0.15, 0.2) is 18.3 Å². The van der Waals surface area contributed by atoms with E-state index in [-0.39, 0.29) is 5.69 Å². The Balaban J connectivity index is 3.20. The zero-order chi connectivity index (χ0) is 10.8. The number of hydrogen-bond donors (Lipinski definition) is 0. The topological polar surface area (TPSA) is 79.8 Å². The maximum Gasteiger partial charge on any atom is 0.272 e. The normalized spacial score (nSPS) is 10.6. The molecule has 0 unspecified atom stereocenters. The van der Waals surface area contributed by atoms with Crippen LogP contribution in [0.25, 0.3) is 0 Å². The fraction of sp³-hybridized carbons (Fsp3) is 0.333. The van der Waals surface area contributed by atoms with Gasteiger partial charge in [-0.05, 0) is 13.8 Å². The summed E-state index contributed by atoms with van der Waals surface area (Å²) in [5, 5.41) is 19.3. The average Bonchev–Trinajstić information content (AvgIpc) is 2.18. The van der Waals surface area contributed by atoms with Gasteiger partial charge in [0.05, 0.1) is 22.1 Å². The van der Waals surface area contributed by atoms with Gasteiger partial charge in [0.2, 0.25) is 0 Å². The van der Waals surface area contributed by atoms with Crippen LogP contribution in [0.3, 0.4) is 0 Å². The molecule has 0 saturated carbocycles. The van der Waals surface area contributed by atoms with Crippen LogP contribution in [0.2, 0.25) is 0 Å². The van der Waals surface area contributed by atoms with Crippen LogP contribution in [-0.4, -0.2) is 9.91 Å². The lowest BCUT2D eigenvalue weighted by Gasteiger charge is -2.13. The van der Waals surface area contributed by atoms with E-state index < -0.39 is 10.3 Å². The predicted octanol–water partition coefficient (Wildman–Crippen LogP) is 1.79. The minimum absolute atomic E-state index is 0.0432. The molecule has 1 aromatic heterocycles. The quantitative estimate of drug-likeness (QED) is 0.527. The molecule has 0 atom stereocenters. The van der Waals surface area contributed by atoms with Gasteiger partial charge in [0.25, 0.3) is 5.69 Å². The van der Waals surface area contributed by atoms with Gasteiger partial charge in [-0.3, -0.25) is 15.1 Å². The van der Waals surface area contributed by atoms with E-state index in [4.69, 9.17) is 5.26 Å². The lowest BCUT2D eigenvalue weighted by Crippen LogP contribution is -2.15. The van der Waals surface area contributed by atoms with Crippen LogP contribution < -0.4 is 0 Å². The molecule has 0 N–H and O–H groups in total. The summed E-state index contributed by atoms with van der Waals surface area (Å²) in [6.07, 6.45) is 1.34. The van der Waals surface area contributed by atoms with Crippen molar-refractivity contribution in [2.24, 2.45) is 0 Å². The monoisotopic (exact) mass is 191 g/mol. The maximum absolute atomic E-state index is 10.5. The number of nitrogens with zero attached hydrogens (tertiary/aromatic N) is 3. The number of nitriles is 1. The molecule has 0 amide bonds. The smallest absolute Gasteiger partial charge is 0.259 e. The van der Waals surface area contributed by atoms with E-state index >= 15 is 0 Å². The van der Waals surface area contributed by atoms with Crippen LogP contribution in [-0.2, 0) is 5.41 Å². The van der Waals surface area contributed by atoms with Crippen molar-refractivity contribution in [1.82, 2.24) is 4.98 Å². The van der Waals surface area contributed by atoms with Crippen LogP contribution in [0.4, 0.5) is 5.69 Å². The van der Waals surface area contributed by atoms with Gasteiger partial charge in [0, 0.05) is 18.3 Å². The van der Waals surface area contributed by atoms with Gasteiger partial charge in [-0.15, -0.1) is 0 Å². The lowest BCUT2D eigenvalue weighted by molar-refractivity contribution is -0.385. The zero-order valence-corrected chi connectivity index (χ0v) is 7.89. The summed E-state index contributed by atoms with van der Waals surface area (Å²) in [5.74, 6) is 0. The van der Waals surface area contributed by atoms with E-state index in [1.54, 1.807) is 13.8 Å². The van der Waals surface area contributed by atoms with Gasteiger partial charge in [-0.25, -0.2) is 0 Å². The summed E-state index contributed by atoms with van der Waals surface area (Å²) in [6, 6.07) is 4.66. The van der Waals surface area contributed by atoms with E-state index in [0.717, 1.165) is 0 Å². The minimum atomic E-state index is -0.800. The molecule has 5 heteroatoms. The fourth-order valence-electron chi connectivity index (χ4n) is 0.932. The predicted molar refractivity (Wildman–Crippen MR) is 49.5 cm³/mol. The van der Waals surface area contributed by atoms with Crippen LogP contribution in [0.5, 0.6) is 0 Å². The Kier molecular flexibility index (Phi) is 2.47. The summed E-state index contributed by atoms with van der Waals surface area (Å²) < 4.78 is 0. The molecule has 0 aliphatic rings. The molecule has 0 saturated heterocycles. The molecule has 0 fully saturated rings. The van der Waals surface area contributed by atoms with Crippen molar-refractivity contribution in [3.63, 3.8) is 0 Å². The molecule has 0 bridgehead atoms. The third kappa shape index (κ3) is 1.85. The highest BCUT2D eigenvalue weighted by atomic mass is 16.6. The Hall–Kier alpha value is -1.96. The van der Waals surface area contributed by atoms with Crippen molar-refractivity contribution in [3.8, 4) is 6.07 Å². The highest BCUT2D eigenvalue weighted by Gasteiger charge is 2.23. The molecule has 72 valence electrons. The van der Waals surface area contributed by atoms with Crippen LogP contribution in [0.1, 0.15) is 19.5 Å². The van der Waals surface area contributed by atoms with Gasteiger partial charge in [0.1, 0.15) is 0 Å². The standard InChI is InChI=1S/C9H9N3O2/c1-9(2,6-10)8-5-7(12(13)14)3-4-11-8/h3-5H,1-2H3. The van der Waals surface area contributed by atoms with E-state index in [9.17, 15) is 10.1 Å². The first-order valence-corrected chi connectivity index (χ1v) is 3.99. The highest BCUT2D eigenvalue weighted by molar-refractivity contribution is 5.35. The number of nitro groups is 1. The molecule has 1 rings (SSSR count). The van der Waals surface area contributed by atoms with Gasteiger partial charge in [-0.1, -0.05) is 0 Å². The second-order valence-corrected chi connectivity index (χ2v) is 3.39. The first-order valence-electron chi connectivity index (χ1n) is 3.99. The first kappa shape index (κ1) is 10.1. The van der Waals surface area contributed by atoms with Gasteiger partial charge in [-0.2, -0.15) is 5.26 Å². The van der Waals surface area contributed by atoms with Crippen molar-refractivity contribution < 1.29 is 4.92 Å². The van der Waals surface area contributed by atoms with Crippen molar-refractivity contribution in [2.45, 2.75) is 19.3 Å². The summed E-state index contributed by atoms with van der Waals surface area (Å²) in [7, 11) is 0. The molecule has 1 aromatic rings. The molecule has 1 heterocycles. The number of pyridine rings is 1. The molecule has 0 aliphatic heterocycles. The largest absolute Gasteiger partial charge is 0.272 e. The van der Waals surface area contributed by atoms with Crippen LogP contribution in [0, 0.1) is 21.4 Å². The Morgan fingerprint density at radius 2 is 2.29 bits per heavy atom. The molecular formula is C9H9N3O2. The van der Waals surface area contributed by atoms with Gasteiger partial charge < -0.3 is 0 Å². The number of hydrogen-bond acceptors (Lipinski definition) is 4. The Morgan fingerprint density at radius 3 is 2.79 bits per heavy atom. The Morgan fingerprint density at radius 1 is 1.64 bits per heavy atom. The Bertz CT molecular complexity index is 407. The third-order valence-electron chi connectivity index (χ3n) is 1.87. The van der Waals surface area contributed by atoms with Crippen LogP contribution >= 0.6 is 0 Å². The molecule has 0 spiro atoms. The average molecular weight is 191 g/mol. The molecule has 0 aromatic carbocycles. The molecule has 0 aliphatic carbocycles. The van der Waals surface area contributed by atoms with Gasteiger partial charge in [0.15, 0.2) is 0 Å². The number of aromatic nitrogens is 1. The second-order valence-electron chi connectivity index (χ2n) is 3.39. The lowest BCUT2D eigenvalue weighted by atomic mass is 9.91. The SMILES string of the molecule is CC(C)(C#N)c1cc([N+](=O)[O-])ccn1. The van der Waals surface area contributed by atoms with E-state index in [1.165, 1.54) is 18.3 Å². The van der Waals surface area contributed by atoms with Crippen molar-refractivity contribution >= 4 is 5.69 Å². The van der Waals surface area contributed by atoms with E-state index in [1.807, 2.05) is 6.07 Å². The molecule has 0 radical (unpaired) electrons. The summed E-state index contributed by atoms with van der Waals surface area (Å²) in [4.78, 5) is 13.9. The number of rotatable bonds is 2.